The van der Waals surface area contributed by atoms with Crippen LogP contribution in [0.4, 0.5) is 0 Å². The lowest BCUT2D eigenvalue weighted by molar-refractivity contribution is -0.144. The standard InChI is InChI=1S/C11H16N2O2/c1-7(2)9(11(14)15)10(12)8-5-3-4-6-13-8/h3-7,9-10H,12H2,1-2H3,(H,14,15). The predicted molar refractivity (Wildman–Crippen MR) is 57.1 cm³/mol. The van der Waals surface area contributed by atoms with Crippen LogP contribution in [0.3, 0.4) is 0 Å². The average Bonchev–Trinajstić information content (AvgIpc) is 2.18. The molecule has 0 aromatic carbocycles. The van der Waals surface area contributed by atoms with E-state index in [-0.39, 0.29) is 5.92 Å². The third-order valence-electron chi connectivity index (χ3n) is 2.42. The van der Waals surface area contributed by atoms with Crippen molar-refractivity contribution in [1.82, 2.24) is 4.98 Å². The first kappa shape index (κ1) is 11.7. The number of nitrogens with two attached hydrogens (primary N) is 1. The van der Waals surface area contributed by atoms with E-state index in [2.05, 4.69) is 4.98 Å². The molecule has 0 fully saturated rings. The second-order valence-corrected chi connectivity index (χ2v) is 3.89. The maximum Gasteiger partial charge on any atom is 0.308 e. The summed E-state index contributed by atoms with van der Waals surface area (Å²) in [6, 6.07) is 4.79. The molecule has 15 heavy (non-hydrogen) atoms. The Kier molecular flexibility index (Phi) is 3.80. The molecule has 0 saturated heterocycles. The number of rotatable bonds is 4. The van der Waals surface area contributed by atoms with Gasteiger partial charge < -0.3 is 10.8 Å². The van der Waals surface area contributed by atoms with E-state index in [4.69, 9.17) is 10.8 Å². The van der Waals surface area contributed by atoms with Crippen LogP contribution in [0, 0.1) is 11.8 Å². The number of carboxylic acid groups (broad SMARTS) is 1. The van der Waals surface area contributed by atoms with E-state index in [0.717, 1.165) is 0 Å². The Morgan fingerprint density at radius 3 is 2.53 bits per heavy atom. The lowest BCUT2D eigenvalue weighted by Gasteiger charge is -2.22. The summed E-state index contributed by atoms with van der Waals surface area (Å²) >= 11 is 0. The van der Waals surface area contributed by atoms with Crippen LogP contribution in [-0.2, 0) is 4.79 Å². The van der Waals surface area contributed by atoms with E-state index < -0.39 is 17.9 Å². The topological polar surface area (TPSA) is 76.2 Å². The lowest BCUT2D eigenvalue weighted by Crippen LogP contribution is -2.32. The largest absolute Gasteiger partial charge is 0.481 e. The minimum absolute atomic E-state index is 0.0143. The number of carboxylic acids is 1. The fourth-order valence-electron chi connectivity index (χ4n) is 1.61. The molecule has 82 valence electrons. The molecule has 0 aliphatic rings. The zero-order chi connectivity index (χ0) is 11.4. The van der Waals surface area contributed by atoms with Crippen molar-refractivity contribution >= 4 is 5.97 Å². The molecule has 1 rings (SSSR count). The summed E-state index contributed by atoms with van der Waals surface area (Å²) in [7, 11) is 0. The molecule has 2 unspecified atom stereocenters. The van der Waals surface area contributed by atoms with Crippen LogP contribution in [0.15, 0.2) is 24.4 Å². The molecule has 0 saturated carbocycles. The number of carbonyl (C=O) groups is 1. The number of aromatic nitrogens is 1. The Labute approximate surface area is 89.1 Å². The van der Waals surface area contributed by atoms with Crippen LogP contribution in [0.2, 0.25) is 0 Å². The van der Waals surface area contributed by atoms with Gasteiger partial charge in [0, 0.05) is 6.20 Å². The Balaban J connectivity index is 2.91. The Morgan fingerprint density at radius 2 is 2.13 bits per heavy atom. The van der Waals surface area contributed by atoms with Gasteiger partial charge in [0.05, 0.1) is 17.7 Å². The first-order valence-corrected chi connectivity index (χ1v) is 4.93. The van der Waals surface area contributed by atoms with Gasteiger partial charge in [0.1, 0.15) is 0 Å². The van der Waals surface area contributed by atoms with Crippen molar-refractivity contribution in [3.8, 4) is 0 Å². The highest BCUT2D eigenvalue weighted by molar-refractivity contribution is 5.71. The van der Waals surface area contributed by atoms with Crippen LogP contribution in [0.1, 0.15) is 25.6 Å². The lowest BCUT2D eigenvalue weighted by atomic mass is 9.87. The molecule has 4 heteroatoms. The number of hydrogen-bond acceptors (Lipinski definition) is 3. The fourth-order valence-corrected chi connectivity index (χ4v) is 1.61. The molecule has 0 radical (unpaired) electrons. The second kappa shape index (κ2) is 4.89. The van der Waals surface area contributed by atoms with Gasteiger partial charge in [-0.2, -0.15) is 0 Å². The van der Waals surface area contributed by atoms with Gasteiger partial charge in [-0.1, -0.05) is 19.9 Å². The third-order valence-corrected chi connectivity index (χ3v) is 2.42. The highest BCUT2D eigenvalue weighted by atomic mass is 16.4. The van der Waals surface area contributed by atoms with Crippen molar-refractivity contribution in [3.63, 3.8) is 0 Å². The third kappa shape index (κ3) is 2.76. The van der Waals surface area contributed by atoms with Gasteiger partial charge in [0.15, 0.2) is 0 Å². The van der Waals surface area contributed by atoms with Crippen molar-refractivity contribution in [1.29, 1.82) is 0 Å². The summed E-state index contributed by atoms with van der Waals surface area (Å²) in [6.07, 6.45) is 1.62. The summed E-state index contributed by atoms with van der Waals surface area (Å²) in [5.74, 6) is -1.48. The van der Waals surface area contributed by atoms with E-state index in [9.17, 15) is 4.79 Å². The first-order chi connectivity index (χ1) is 7.04. The van der Waals surface area contributed by atoms with Crippen LogP contribution >= 0.6 is 0 Å². The summed E-state index contributed by atoms with van der Waals surface area (Å²) in [6.45, 7) is 3.70. The molecule has 2 atom stereocenters. The van der Waals surface area contributed by atoms with Crippen molar-refractivity contribution < 1.29 is 9.90 Å². The molecule has 1 aromatic heterocycles. The van der Waals surface area contributed by atoms with Gasteiger partial charge in [-0.25, -0.2) is 0 Å². The fraction of sp³-hybridized carbons (Fsp3) is 0.455. The van der Waals surface area contributed by atoms with Gasteiger partial charge in [0.2, 0.25) is 0 Å². The number of aliphatic carboxylic acids is 1. The second-order valence-electron chi connectivity index (χ2n) is 3.89. The smallest absolute Gasteiger partial charge is 0.308 e. The van der Waals surface area contributed by atoms with E-state index in [1.165, 1.54) is 0 Å². The van der Waals surface area contributed by atoms with Crippen molar-refractivity contribution in [2.45, 2.75) is 19.9 Å². The van der Waals surface area contributed by atoms with Gasteiger partial charge in [-0.05, 0) is 18.1 Å². The number of hydrogen-bond donors (Lipinski definition) is 2. The highest BCUT2D eigenvalue weighted by Gasteiger charge is 2.30. The van der Waals surface area contributed by atoms with E-state index in [1.54, 1.807) is 24.4 Å². The summed E-state index contributed by atoms with van der Waals surface area (Å²) in [5, 5.41) is 9.07. The normalized spacial score (nSPS) is 14.9. The summed E-state index contributed by atoms with van der Waals surface area (Å²) in [5.41, 5.74) is 6.52. The zero-order valence-electron chi connectivity index (χ0n) is 8.92. The quantitative estimate of drug-likeness (QED) is 0.785. The molecule has 0 aliphatic carbocycles. The minimum atomic E-state index is -0.872. The SMILES string of the molecule is CC(C)C(C(=O)O)C(N)c1ccccn1. The summed E-state index contributed by atoms with van der Waals surface area (Å²) in [4.78, 5) is 15.1. The van der Waals surface area contributed by atoms with E-state index in [1.807, 2.05) is 13.8 Å². The van der Waals surface area contributed by atoms with Gasteiger partial charge >= 0.3 is 5.97 Å². The summed E-state index contributed by atoms with van der Waals surface area (Å²) < 4.78 is 0. The maximum absolute atomic E-state index is 11.0. The van der Waals surface area contributed by atoms with Crippen LogP contribution in [0.5, 0.6) is 0 Å². The van der Waals surface area contributed by atoms with Gasteiger partial charge in [0.25, 0.3) is 0 Å². The van der Waals surface area contributed by atoms with E-state index in [0.29, 0.717) is 5.69 Å². The molecule has 4 nitrogen and oxygen atoms in total. The molecule has 0 amide bonds. The first-order valence-electron chi connectivity index (χ1n) is 4.93. The predicted octanol–water partition coefficient (Wildman–Crippen LogP) is 1.44. The van der Waals surface area contributed by atoms with E-state index >= 15 is 0 Å². The average molecular weight is 208 g/mol. The highest BCUT2D eigenvalue weighted by Crippen LogP contribution is 2.24. The molecular weight excluding hydrogens is 192 g/mol. The Bertz CT molecular complexity index is 325. The van der Waals surface area contributed by atoms with Crippen LogP contribution < -0.4 is 5.73 Å². The molecule has 3 N–H and O–H groups in total. The molecule has 0 aliphatic heterocycles. The van der Waals surface area contributed by atoms with Crippen LogP contribution in [-0.4, -0.2) is 16.1 Å². The maximum atomic E-state index is 11.0. The number of pyridine rings is 1. The van der Waals surface area contributed by atoms with Crippen molar-refractivity contribution in [2.24, 2.45) is 17.6 Å². The zero-order valence-corrected chi connectivity index (χ0v) is 8.92. The monoisotopic (exact) mass is 208 g/mol. The van der Waals surface area contributed by atoms with Gasteiger partial charge in [-0.15, -0.1) is 0 Å². The molecule has 0 spiro atoms. The molecule has 1 heterocycles. The van der Waals surface area contributed by atoms with Crippen molar-refractivity contribution in [2.75, 3.05) is 0 Å². The van der Waals surface area contributed by atoms with Crippen molar-refractivity contribution in [3.05, 3.63) is 30.1 Å². The van der Waals surface area contributed by atoms with Gasteiger partial charge in [-0.3, -0.25) is 9.78 Å². The Hall–Kier alpha value is -1.42. The molecule has 0 bridgehead atoms. The minimum Gasteiger partial charge on any atom is -0.481 e. The van der Waals surface area contributed by atoms with Crippen LogP contribution in [0.25, 0.3) is 0 Å². The number of nitrogens with zero attached hydrogens (tertiary/aromatic N) is 1. The Morgan fingerprint density at radius 1 is 1.47 bits per heavy atom. The molecule has 1 aromatic rings. The molecular formula is C11H16N2O2.